The van der Waals surface area contributed by atoms with E-state index in [2.05, 4.69) is 25.9 Å². The molecule has 9 heteroatoms. The molecule has 8 nitrogen and oxygen atoms in total. The highest BCUT2D eigenvalue weighted by atomic mass is 79.9. The molecular weight excluding hydrogens is 512 g/mol. The first-order valence-corrected chi connectivity index (χ1v) is 11.9. The van der Waals surface area contributed by atoms with Gasteiger partial charge >= 0.3 is 11.9 Å². The maximum Gasteiger partial charge on any atom is 0.347 e. The Balaban J connectivity index is 1.91. The Morgan fingerprint density at radius 1 is 1.06 bits per heavy atom. The minimum Gasteiger partial charge on any atom is -0.462 e. The summed E-state index contributed by atoms with van der Waals surface area (Å²) >= 11 is 3.55. The Morgan fingerprint density at radius 2 is 1.77 bits per heavy atom. The molecule has 0 saturated carbocycles. The van der Waals surface area contributed by atoms with Crippen LogP contribution in [0.1, 0.15) is 13.8 Å². The number of hydrogen-bond acceptors (Lipinski definition) is 6. The van der Waals surface area contributed by atoms with Crippen molar-refractivity contribution in [3.05, 3.63) is 76.5 Å². The second-order valence-corrected chi connectivity index (χ2v) is 8.59. The van der Waals surface area contributed by atoms with E-state index >= 15 is 0 Å². The van der Waals surface area contributed by atoms with Crippen molar-refractivity contribution in [2.24, 2.45) is 4.99 Å². The molecule has 0 aliphatic heterocycles. The molecule has 2 aromatic heterocycles. The average molecular weight is 533 g/mol. The van der Waals surface area contributed by atoms with Gasteiger partial charge in [-0.15, -0.1) is 0 Å². The first-order valence-electron chi connectivity index (χ1n) is 11.1. The molecule has 0 aliphatic rings. The van der Waals surface area contributed by atoms with E-state index in [9.17, 15) is 9.59 Å². The van der Waals surface area contributed by atoms with Gasteiger partial charge in [-0.25, -0.2) is 19.6 Å². The van der Waals surface area contributed by atoms with Gasteiger partial charge in [0.1, 0.15) is 5.65 Å². The van der Waals surface area contributed by atoms with Crippen LogP contribution >= 0.6 is 15.9 Å². The molecule has 1 N–H and O–H groups in total. The second kappa shape index (κ2) is 9.34. The van der Waals surface area contributed by atoms with Crippen LogP contribution in [0.4, 0.5) is 0 Å². The van der Waals surface area contributed by atoms with Crippen LogP contribution in [-0.4, -0.2) is 39.5 Å². The average Bonchev–Trinajstić information content (AvgIpc) is 2.85. The highest BCUT2D eigenvalue weighted by Crippen LogP contribution is 2.28. The van der Waals surface area contributed by atoms with Crippen LogP contribution in [0.2, 0.25) is 0 Å². The Hall–Kier alpha value is -3.98. The van der Waals surface area contributed by atoms with Gasteiger partial charge < -0.3 is 14.5 Å². The number of aromatic nitrogens is 3. The Kier molecular flexibility index (Phi) is 6.08. The first kappa shape index (κ1) is 22.8. The molecule has 35 heavy (non-hydrogen) atoms. The number of nitrogens with zero attached hydrogens (tertiary/aromatic N) is 3. The molecule has 0 unspecified atom stereocenters. The van der Waals surface area contributed by atoms with Crippen molar-refractivity contribution in [2.75, 3.05) is 13.2 Å². The second-order valence-electron chi connectivity index (χ2n) is 7.68. The SMILES string of the molecule is CCOC(=O)C(=CN=c1nc2ccc(Br)cc2c2[nH]c3cccc4cccc(c43)n12)C(=O)OCC. The number of halogens is 1. The van der Waals surface area contributed by atoms with Gasteiger partial charge in [-0.05, 0) is 49.6 Å². The molecule has 5 aromatic rings. The van der Waals surface area contributed by atoms with E-state index in [1.54, 1.807) is 13.8 Å². The van der Waals surface area contributed by atoms with Crippen LogP contribution in [0.15, 0.2) is 75.8 Å². The molecule has 0 spiro atoms. The molecule has 0 amide bonds. The first-order chi connectivity index (χ1) is 17.0. The zero-order valence-corrected chi connectivity index (χ0v) is 20.6. The maximum absolute atomic E-state index is 12.4. The number of H-pyrrole nitrogens is 1. The number of aromatic amines is 1. The lowest BCUT2D eigenvalue weighted by atomic mass is 10.1. The van der Waals surface area contributed by atoms with Crippen molar-refractivity contribution >= 4 is 66.2 Å². The highest BCUT2D eigenvalue weighted by molar-refractivity contribution is 9.10. The molecule has 5 rings (SSSR count). The number of fused-ring (bicyclic) bond motifs is 4. The molecule has 3 aromatic carbocycles. The Labute approximate surface area is 208 Å². The zero-order valence-electron chi connectivity index (χ0n) is 19.0. The van der Waals surface area contributed by atoms with Gasteiger partial charge in [0.25, 0.3) is 0 Å². The van der Waals surface area contributed by atoms with E-state index < -0.39 is 11.9 Å². The molecule has 0 aliphatic carbocycles. The van der Waals surface area contributed by atoms with Crippen molar-refractivity contribution in [1.82, 2.24) is 14.4 Å². The third kappa shape index (κ3) is 4.08. The molecule has 0 fully saturated rings. The van der Waals surface area contributed by atoms with E-state index in [4.69, 9.17) is 14.5 Å². The number of carbonyl (C=O) groups excluding carboxylic acids is 2. The minimum absolute atomic E-state index is 0.117. The number of esters is 2. The van der Waals surface area contributed by atoms with Crippen LogP contribution in [0.5, 0.6) is 0 Å². The van der Waals surface area contributed by atoms with Gasteiger partial charge in [0.2, 0.25) is 5.62 Å². The quantitative estimate of drug-likeness (QED) is 0.0875. The summed E-state index contributed by atoms with van der Waals surface area (Å²) in [7, 11) is 0. The summed E-state index contributed by atoms with van der Waals surface area (Å²) in [4.78, 5) is 37.7. The monoisotopic (exact) mass is 532 g/mol. The largest absolute Gasteiger partial charge is 0.462 e. The summed E-state index contributed by atoms with van der Waals surface area (Å²) in [6, 6.07) is 17.8. The van der Waals surface area contributed by atoms with Crippen molar-refractivity contribution in [3.63, 3.8) is 0 Å². The fraction of sp³-hybridized carbons (Fsp3) is 0.154. The topological polar surface area (TPSA) is 98.0 Å². The fourth-order valence-electron chi connectivity index (χ4n) is 4.08. The summed E-state index contributed by atoms with van der Waals surface area (Å²) in [6.07, 6.45) is 1.16. The molecule has 0 atom stereocenters. The predicted octanol–water partition coefficient (Wildman–Crippen LogP) is 4.80. The summed E-state index contributed by atoms with van der Waals surface area (Å²) in [5.74, 6) is -1.60. The summed E-state index contributed by atoms with van der Waals surface area (Å²) in [5, 5.41) is 2.95. The third-order valence-corrected chi connectivity index (χ3v) is 6.03. The number of nitrogens with one attached hydrogen (secondary N) is 1. The number of carbonyl (C=O) groups is 2. The van der Waals surface area contributed by atoms with Crippen molar-refractivity contribution in [3.8, 4) is 0 Å². The molecular formula is C26H21BrN4O4. The van der Waals surface area contributed by atoms with Crippen molar-refractivity contribution in [1.29, 1.82) is 0 Å². The number of hydrogen-bond donors (Lipinski definition) is 1. The van der Waals surface area contributed by atoms with Gasteiger partial charge in [-0.1, -0.05) is 40.2 Å². The Bertz CT molecular complexity index is 1710. The van der Waals surface area contributed by atoms with Crippen LogP contribution in [-0.2, 0) is 19.1 Å². The van der Waals surface area contributed by atoms with Gasteiger partial charge in [0.15, 0.2) is 5.57 Å². The molecule has 0 bridgehead atoms. The Morgan fingerprint density at radius 3 is 2.49 bits per heavy atom. The van der Waals surface area contributed by atoms with Crippen molar-refractivity contribution in [2.45, 2.75) is 13.8 Å². The van der Waals surface area contributed by atoms with Crippen LogP contribution in [0.3, 0.4) is 0 Å². The van der Waals surface area contributed by atoms with E-state index in [1.165, 1.54) is 0 Å². The standard InChI is InChI=1S/C26H21BrN4O4/c1-3-34-24(32)18(25(33)35-4-2)14-28-26-30-19-12-11-16(27)13-17(19)23-29-20-9-5-7-15-8-6-10-21(22(15)20)31(23)26/h5-14,29H,3-4H2,1-2H3. The van der Waals surface area contributed by atoms with Crippen molar-refractivity contribution < 1.29 is 19.1 Å². The van der Waals surface area contributed by atoms with E-state index in [1.807, 2.05) is 59.0 Å². The molecule has 0 radical (unpaired) electrons. The number of ether oxygens (including phenoxy) is 2. The number of rotatable bonds is 5. The van der Waals surface area contributed by atoms with Crippen LogP contribution in [0, 0.1) is 0 Å². The van der Waals surface area contributed by atoms with E-state index in [0.717, 1.165) is 43.5 Å². The molecule has 176 valence electrons. The normalized spacial score (nSPS) is 11.9. The summed E-state index contributed by atoms with van der Waals surface area (Å²) < 4.78 is 12.9. The smallest absolute Gasteiger partial charge is 0.347 e. The summed E-state index contributed by atoms with van der Waals surface area (Å²) in [6.45, 7) is 3.56. The zero-order chi connectivity index (χ0) is 24.5. The van der Waals surface area contributed by atoms with Gasteiger partial charge in [0, 0.05) is 20.8 Å². The summed E-state index contributed by atoms with van der Waals surface area (Å²) in [5.41, 5.74) is 3.29. The maximum atomic E-state index is 12.4. The predicted molar refractivity (Wildman–Crippen MR) is 137 cm³/mol. The van der Waals surface area contributed by atoms with Gasteiger partial charge in [0.05, 0.1) is 30.4 Å². The lowest BCUT2D eigenvalue weighted by molar-refractivity contribution is -0.146. The lowest BCUT2D eigenvalue weighted by Crippen LogP contribution is -2.22. The number of benzene rings is 3. The third-order valence-electron chi connectivity index (χ3n) is 5.53. The van der Waals surface area contributed by atoms with Gasteiger partial charge in [-0.3, -0.25) is 4.40 Å². The molecule has 2 heterocycles. The van der Waals surface area contributed by atoms with Crippen LogP contribution in [0.25, 0.3) is 38.4 Å². The van der Waals surface area contributed by atoms with Gasteiger partial charge in [-0.2, -0.15) is 0 Å². The van der Waals surface area contributed by atoms with E-state index in [0.29, 0.717) is 5.52 Å². The minimum atomic E-state index is -0.802. The highest BCUT2D eigenvalue weighted by Gasteiger charge is 2.21. The lowest BCUT2D eigenvalue weighted by Gasteiger charge is -2.13. The van der Waals surface area contributed by atoms with Crippen LogP contribution < -0.4 is 5.62 Å². The molecule has 0 saturated heterocycles. The fourth-order valence-corrected chi connectivity index (χ4v) is 4.44. The van der Waals surface area contributed by atoms with E-state index in [-0.39, 0.29) is 24.4 Å².